The smallest absolute Gasteiger partial charge is 0.141 e. The molecule has 4 nitrogen and oxygen atoms in total. The fourth-order valence-corrected chi connectivity index (χ4v) is 1.86. The molecule has 0 aliphatic heterocycles. The standard InChI is InChI=1S/C14H18FN3O/c1-9-4-5-12(6-13(9)15)19-14(10(2)16)11-7-17-18(3)8-11/h4-8,10,14H,16H2,1-3H3. The Bertz CT molecular complexity index is 566. The number of nitrogens with two attached hydrogens (primary N) is 1. The van der Waals surface area contributed by atoms with Crippen LogP contribution in [-0.4, -0.2) is 15.8 Å². The molecule has 2 unspecified atom stereocenters. The first kappa shape index (κ1) is 13.5. The van der Waals surface area contributed by atoms with Crippen molar-refractivity contribution in [2.24, 2.45) is 12.8 Å². The number of benzene rings is 1. The van der Waals surface area contributed by atoms with Crippen LogP contribution in [0.4, 0.5) is 4.39 Å². The Morgan fingerprint density at radius 3 is 2.68 bits per heavy atom. The Hall–Kier alpha value is -1.88. The van der Waals surface area contributed by atoms with Gasteiger partial charge in [-0.25, -0.2) is 4.39 Å². The monoisotopic (exact) mass is 263 g/mol. The third kappa shape index (κ3) is 3.12. The molecule has 0 radical (unpaired) electrons. The predicted molar refractivity (Wildman–Crippen MR) is 71.4 cm³/mol. The van der Waals surface area contributed by atoms with E-state index in [1.165, 1.54) is 6.07 Å². The highest BCUT2D eigenvalue weighted by atomic mass is 19.1. The molecule has 5 heteroatoms. The Balaban J connectivity index is 2.23. The van der Waals surface area contributed by atoms with E-state index in [0.717, 1.165) is 5.56 Å². The topological polar surface area (TPSA) is 53.1 Å². The lowest BCUT2D eigenvalue weighted by Crippen LogP contribution is -2.28. The van der Waals surface area contributed by atoms with E-state index in [2.05, 4.69) is 5.10 Å². The van der Waals surface area contributed by atoms with Gasteiger partial charge in [0, 0.05) is 30.9 Å². The summed E-state index contributed by atoms with van der Waals surface area (Å²) in [6, 6.07) is 4.57. The molecule has 2 atom stereocenters. The molecule has 0 fully saturated rings. The molecule has 1 heterocycles. The van der Waals surface area contributed by atoms with Crippen LogP contribution < -0.4 is 10.5 Å². The number of hydrogen-bond acceptors (Lipinski definition) is 3. The summed E-state index contributed by atoms with van der Waals surface area (Å²) in [5.41, 5.74) is 7.40. The van der Waals surface area contributed by atoms with Crippen LogP contribution in [0, 0.1) is 12.7 Å². The molecule has 0 spiro atoms. The second-order valence-electron chi connectivity index (χ2n) is 4.76. The molecule has 0 amide bonds. The summed E-state index contributed by atoms with van der Waals surface area (Å²) in [6.45, 7) is 3.56. The molecule has 0 bridgehead atoms. The van der Waals surface area contributed by atoms with E-state index >= 15 is 0 Å². The minimum atomic E-state index is -0.351. The number of rotatable bonds is 4. The molecule has 0 aliphatic rings. The fraction of sp³-hybridized carbons (Fsp3) is 0.357. The fourth-order valence-electron chi connectivity index (χ4n) is 1.86. The highest BCUT2D eigenvalue weighted by Crippen LogP contribution is 2.25. The Kier molecular flexibility index (Phi) is 3.85. The second-order valence-corrected chi connectivity index (χ2v) is 4.76. The van der Waals surface area contributed by atoms with Crippen molar-refractivity contribution in [1.82, 2.24) is 9.78 Å². The van der Waals surface area contributed by atoms with E-state index in [1.54, 1.807) is 29.9 Å². The maximum Gasteiger partial charge on any atom is 0.141 e. The van der Waals surface area contributed by atoms with Crippen molar-refractivity contribution in [2.45, 2.75) is 26.0 Å². The van der Waals surface area contributed by atoms with Crippen molar-refractivity contribution in [3.63, 3.8) is 0 Å². The van der Waals surface area contributed by atoms with E-state index in [0.29, 0.717) is 11.3 Å². The van der Waals surface area contributed by atoms with Gasteiger partial charge in [0.05, 0.1) is 6.20 Å². The lowest BCUT2D eigenvalue weighted by molar-refractivity contribution is 0.179. The molecule has 2 N–H and O–H groups in total. The Morgan fingerprint density at radius 2 is 2.16 bits per heavy atom. The lowest BCUT2D eigenvalue weighted by Gasteiger charge is -2.21. The zero-order valence-corrected chi connectivity index (χ0v) is 11.3. The van der Waals surface area contributed by atoms with Gasteiger partial charge in [0.25, 0.3) is 0 Å². The van der Waals surface area contributed by atoms with Gasteiger partial charge in [0.1, 0.15) is 17.7 Å². The lowest BCUT2D eigenvalue weighted by atomic mass is 10.1. The molecule has 0 aliphatic carbocycles. The summed E-state index contributed by atoms with van der Waals surface area (Å²) in [5.74, 6) is 0.182. The van der Waals surface area contributed by atoms with Gasteiger partial charge in [-0.3, -0.25) is 4.68 Å². The van der Waals surface area contributed by atoms with E-state index in [-0.39, 0.29) is 18.0 Å². The van der Waals surface area contributed by atoms with Gasteiger partial charge >= 0.3 is 0 Å². The van der Waals surface area contributed by atoms with E-state index in [1.807, 2.05) is 20.2 Å². The average molecular weight is 263 g/mol. The van der Waals surface area contributed by atoms with Crippen LogP contribution in [0.1, 0.15) is 24.2 Å². The molecule has 0 saturated carbocycles. The predicted octanol–water partition coefficient (Wildman–Crippen LogP) is 2.33. The van der Waals surface area contributed by atoms with Crippen molar-refractivity contribution in [2.75, 3.05) is 0 Å². The molecule has 1 aromatic heterocycles. The molecule has 2 aromatic rings. The van der Waals surface area contributed by atoms with Crippen molar-refractivity contribution < 1.29 is 9.13 Å². The number of nitrogens with zero attached hydrogens (tertiary/aromatic N) is 2. The molecular weight excluding hydrogens is 245 g/mol. The summed E-state index contributed by atoms with van der Waals surface area (Å²) < 4.78 is 21.0. The Labute approximate surface area is 112 Å². The van der Waals surface area contributed by atoms with Crippen LogP contribution in [0.2, 0.25) is 0 Å². The third-order valence-electron chi connectivity index (χ3n) is 2.94. The number of hydrogen-bond donors (Lipinski definition) is 1. The first-order valence-electron chi connectivity index (χ1n) is 6.14. The second kappa shape index (κ2) is 5.40. The van der Waals surface area contributed by atoms with Gasteiger partial charge in [-0.1, -0.05) is 6.07 Å². The first-order valence-corrected chi connectivity index (χ1v) is 6.14. The van der Waals surface area contributed by atoms with Gasteiger partial charge in [0.2, 0.25) is 0 Å². The van der Waals surface area contributed by atoms with Crippen molar-refractivity contribution in [3.05, 3.63) is 47.5 Å². The minimum Gasteiger partial charge on any atom is -0.484 e. The van der Waals surface area contributed by atoms with Gasteiger partial charge in [-0.15, -0.1) is 0 Å². The Morgan fingerprint density at radius 1 is 1.42 bits per heavy atom. The summed E-state index contributed by atoms with van der Waals surface area (Å²) in [4.78, 5) is 0. The van der Waals surface area contributed by atoms with Crippen LogP contribution in [0.15, 0.2) is 30.6 Å². The molecule has 2 rings (SSSR count). The maximum atomic E-state index is 13.5. The van der Waals surface area contributed by atoms with Crippen molar-refractivity contribution >= 4 is 0 Å². The summed E-state index contributed by atoms with van der Waals surface area (Å²) in [7, 11) is 1.83. The maximum absolute atomic E-state index is 13.5. The zero-order valence-electron chi connectivity index (χ0n) is 11.3. The average Bonchev–Trinajstić information content (AvgIpc) is 2.76. The number of aryl methyl sites for hydroxylation is 2. The minimum absolute atomic E-state index is 0.228. The quantitative estimate of drug-likeness (QED) is 0.921. The molecule has 0 saturated heterocycles. The normalized spacial score (nSPS) is 14.2. The zero-order chi connectivity index (χ0) is 14.0. The number of ether oxygens (including phenoxy) is 1. The van der Waals surface area contributed by atoms with Crippen LogP contribution in [0.5, 0.6) is 5.75 Å². The van der Waals surface area contributed by atoms with Crippen LogP contribution in [0.25, 0.3) is 0 Å². The molecular formula is C14H18FN3O. The van der Waals surface area contributed by atoms with Crippen LogP contribution in [-0.2, 0) is 7.05 Å². The van der Waals surface area contributed by atoms with Crippen LogP contribution >= 0.6 is 0 Å². The third-order valence-corrected chi connectivity index (χ3v) is 2.94. The van der Waals surface area contributed by atoms with E-state index < -0.39 is 0 Å². The SMILES string of the molecule is Cc1ccc(OC(c2cnn(C)c2)C(C)N)cc1F. The highest BCUT2D eigenvalue weighted by Gasteiger charge is 2.20. The van der Waals surface area contributed by atoms with Gasteiger partial charge in [-0.05, 0) is 25.5 Å². The highest BCUT2D eigenvalue weighted by molar-refractivity contribution is 5.29. The van der Waals surface area contributed by atoms with E-state index in [9.17, 15) is 4.39 Å². The van der Waals surface area contributed by atoms with Crippen molar-refractivity contribution in [1.29, 1.82) is 0 Å². The number of aromatic nitrogens is 2. The number of halogens is 1. The van der Waals surface area contributed by atoms with Gasteiger partial charge in [-0.2, -0.15) is 5.10 Å². The molecule has 19 heavy (non-hydrogen) atoms. The first-order chi connectivity index (χ1) is 8.97. The summed E-state index contributed by atoms with van der Waals surface area (Å²) in [5, 5.41) is 4.10. The van der Waals surface area contributed by atoms with Gasteiger partial charge < -0.3 is 10.5 Å². The summed E-state index contributed by atoms with van der Waals surface area (Å²) >= 11 is 0. The molecule has 1 aromatic carbocycles. The summed E-state index contributed by atoms with van der Waals surface area (Å²) in [6.07, 6.45) is 3.20. The van der Waals surface area contributed by atoms with E-state index in [4.69, 9.17) is 10.5 Å². The largest absolute Gasteiger partial charge is 0.484 e. The van der Waals surface area contributed by atoms with Gasteiger partial charge in [0.15, 0.2) is 0 Å². The van der Waals surface area contributed by atoms with Crippen LogP contribution in [0.3, 0.4) is 0 Å². The molecule has 102 valence electrons. The van der Waals surface area contributed by atoms with Crippen molar-refractivity contribution in [3.8, 4) is 5.75 Å².